The van der Waals surface area contributed by atoms with Crippen LogP contribution >= 0.6 is 11.6 Å². The van der Waals surface area contributed by atoms with E-state index in [0.717, 1.165) is 19.4 Å². The molecule has 0 atom stereocenters. The molecule has 1 N–H and O–H groups in total. The summed E-state index contributed by atoms with van der Waals surface area (Å²) in [5, 5.41) is 3.42. The molecule has 20 heavy (non-hydrogen) atoms. The number of aromatic nitrogens is 2. The predicted molar refractivity (Wildman–Crippen MR) is 81.7 cm³/mol. The summed E-state index contributed by atoms with van der Waals surface area (Å²) in [5.41, 5.74) is 1.29. The minimum absolute atomic E-state index is 0.362. The van der Waals surface area contributed by atoms with Crippen molar-refractivity contribution in [2.45, 2.75) is 26.7 Å². The van der Waals surface area contributed by atoms with Crippen LogP contribution in [-0.4, -0.2) is 16.5 Å². The van der Waals surface area contributed by atoms with Gasteiger partial charge in [-0.15, -0.1) is 0 Å². The van der Waals surface area contributed by atoms with Gasteiger partial charge in [-0.25, -0.2) is 4.98 Å². The van der Waals surface area contributed by atoms with Crippen LogP contribution in [0.5, 0.6) is 11.6 Å². The van der Waals surface area contributed by atoms with Gasteiger partial charge in [-0.3, -0.25) is 0 Å². The molecule has 0 aliphatic carbocycles. The molecule has 0 amide bonds. The Morgan fingerprint density at radius 1 is 1.20 bits per heavy atom. The zero-order valence-corrected chi connectivity index (χ0v) is 12.4. The minimum Gasteiger partial charge on any atom is -0.437 e. The average molecular weight is 292 g/mol. The van der Waals surface area contributed by atoms with Crippen molar-refractivity contribution in [2.24, 2.45) is 0 Å². The van der Waals surface area contributed by atoms with Gasteiger partial charge in [0.05, 0.1) is 6.20 Å². The molecule has 4 nitrogen and oxygen atoms in total. The molecular formula is C15H18ClN3O. The second kappa shape index (κ2) is 7.10. The Hall–Kier alpha value is -1.81. The lowest BCUT2D eigenvalue weighted by Crippen LogP contribution is -2.02. The topological polar surface area (TPSA) is 47.0 Å². The molecule has 1 heterocycles. The Labute approximate surface area is 124 Å². The van der Waals surface area contributed by atoms with Gasteiger partial charge in [0.25, 0.3) is 0 Å². The van der Waals surface area contributed by atoms with Crippen LogP contribution in [0.1, 0.15) is 25.8 Å². The first-order valence-corrected chi connectivity index (χ1v) is 7.14. The number of aryl methyl sites for hydroxylation is 1. The van der Waals surface area contributed by atoms with Gasteiger partial charge in [0.2, 0.25) is 11.8 Å². The van der Waals surface area contributed by atoms with E-state index in [1.165, 1.54) is 11.8 Å². The molecule has 0 aliphatic rings. The third kappa shape index (κ3) is 3.84. The quantitative estimate of drug-likeness (QED) is 0.861. The lowest BCUT2D eigenvalue weighted by molar-refractivity contribution is 0.462. The second-order valence-corrected chi connectivity index (χ2v) is 4.78. The number of hydrogen-bond donors (Lipinski definition) is 1. The van der Waals surface area contributed by atoms with E-state index in [9.17, 15) is 0 Å². The Morgan fingerprint density at radius 2 is 1.95 bits per heavy atom. The van der Waals surface area contributed by atoms with Gasteiger partial charge in [-0.1, -0.05) is 37.1 Å². The number of halogens is 1. The number of benzene rings is 1. The van der Waals surface area contributed by atoms with E-state index in [0.29, 0.717) is 22.6 Å². The minimum atomic E-state index is 0.362. The van der Waals surface area contributed by atoms with E-state index in [2.05, 4.69) is 34.3 Å². The maximum absolute atomic E-state index is 6.05. The number of nitrogens with one attached hydrogen (secondary N) is 1. The molecule has 1 aromatic carbocycles. The lowest BCUT2D eigenvalue weighted by atomic mass is 10.1. The maximum Gasteiger partial charge on any atom is 0.243 e. The van der Waals surface area contributed by atoms with Crippen molar-refractivity contribution in [3.63, 3.8) is 0 Å². The van der Waals surface area contributed by atoms with Crippen molar-refractivity contribution in [3.05, 3.63) is 41.0 Å². The number of rotatable bonds is 6. The van der Waals surface area contributed by atoms with Crippen LogP contribution in [0.2, 0.25) is 5.02 Å². The molecule has 0 fully saturated rings. The fourth-order valence-electron chi connectivity index (χ4n) is 1.79. The zero-order chi connectivity index (χ0) is 14.4. The molecule has 2 rings (SSSR count). The van der Waals surface area contributed by atoms with Crippen molar-refractivity contribution in [3.8, 4) is 11.6 Å². The SMILES string of the molecule is CCCc1ccc(Oc2nc(NCC)ncc2Cl)cc1. The molecule has 0 unspecified atom stereocenters. The number of anilines is 1. The number of ether oxygens (including phenoxy) is 1. The van der Waals surface area contributed by atoms with E-state index in [1.54, 1.807) is 0 Å². The van der Waals surface area contributed by atoms with Crippen LogP contribution in [-0.2, 0) is 6.42 Å². The van der Waals surface area contributed by atoms with Crippen LogP contribution in [0.15, 0.2) is 30.5 Å². The van der Waals surface area contributed by atoms with Crippen molar-refractivity contribution in [2.75, 3.05) is 11.9 Å². The number of hydrogen-bond acceptors (Lipinski definition) is 4. The Kier molecular flexibility index (Phi) is 5.18. The van der Waals surface area contributed by atoms with Gasteiger partial charge in [0.15, 0.2) is 0 Å². The highest BCUT2D eigenvalue weighted by molar-refractivity contribution is 6.31. The van der Waals surface area contributed by atoms with Crippen molar-refractivity contribution >= 4 is 17.5 Å². The van der Waals surface area contributed by atoms with Gasteiger partial charge < -0.3 is 10.1 Å². The molecule has 106 valence electrons. The van der Waals surface area contributed by atoms with E-state index < -0.39 is 0 Å². The van der Waals surface area contributed by atoms with Gasteiger partial charge in [0.1, 0.15) is 10.8 Å². The monoisotopic (exact) mass is 291 g/mol. The largest absolute Gasteiger partial charge is 0.437 e. The summed E-state index contributed by atoms with van der Waals surface area (Å²) >= 11 is 6.05. The van der Waals surface area contributed by atoms with Crippen LogP contribution in [0.25, 0.3) is 0 Å². The first kappa shape index (κ1) is 14.6. The summed E-state index contributed by atoms with van der Waals surface area (Å²) in [4.78, 5) is 8.31. The lowest BCUT2D eigenvalue weighted by Gasteiger charge is -2.09. The van der Waals surface area contributed by atoms with Gasteiger partial charge in [-0.05, 0) is 31.0 Å². The van der Waals surface area contributed by atoms with Gasteiger partial charge >= 0.3 is 0 Å². The van der Waals surface area contributed by atoms with E-state index >= 15 is 0 Å². The fraction of sp³-hybridized carbons (Fsp3) is 0.333. The highest BCUT2D eigenvalue weighted by Gasteiger charge is 2.07. The molecule has 0 saturated carbocycles. The molecule has 0 bridgehead atoms. The average Bonchev–Trinajstić information content (AvgIpc) is 2.45. The smallest absolute Gasteiger partial charge is 0.243 e. The summed E-state index contributed by atoms with van der Waals surface area (Å²) in [6, 6.07) is 7.96. The van der Waals surface area contributed by atoms with Gasteiger partial charge in [-0.2, -0.15) is 4.98 Å². The summed E-state index contributed by atoms with van der Waals surface area (Å²) in [6.07, 6.45) is 3.73. The van der Waals surface area contributed by atoms with Crippen molar-refractivity contribution in [1.29, 1.82) is 0 Å². The summed E-state index contributed by atoms with van der Waals surface area (Å²) in [7, 11) is 0. The predicted octanol–water partition coefficient (Wildman–Crippen LogP) is 4.31. The van der Waals surface area contributed by atoms with Crippen molar-refractivity contribution in [1.82, 2.24) is 9.97 Å². The molecule has 2 aromatic rings. The number of nitrogens with zero attached hydrogens (tertiary/aromatic N) is 2. The molecule has 0 saturated heterocycles. The van der Waals surface area contributed by atoms with E-state index in [4.69, 9.17) is 16.3 Å². The highest BCUT2D eigenvalue weighted by Crippen LogP contribution is 2.27. The first-order valence-electron chi connectivity index (χ1n) is 6.76. The molecule has 5 heteroatoms. The molecule has 0 spiro atoms. The van der Waals surface area contributed by atoms with Gasteiger partial charge in [0, 0.05) is 6.54 Å². The summed E-state index contributed by atoms with van der Waals surface area (Å²) < 4.78 is 5.71. The molecule has 1 aromatic heterocycles. The van der Waals surface area contributed by atoms with E-state index in [-0.39, 0.29) is 0 Å². The molecule has 0 aliphatic heterocycles. The highest BCUT2D eigenvalue weighted by atomic mass is 35.5. The van der Waals surface area contributed by atoms with Crippen LogP contribution in [0, 0.1) is 0 Å². The van der Waals surface area contributed by atoms with Crippen LogP contribution in [0.4, 0.5) is 5.95 Å². The fourth-order valence-corrected chi connectivity index (χ4v) is 1.92. The van der Waals surface area contributed by atoms with Crippen LogP contribution in [0.3, 0.4) is 0 Å². The third-order valence-electron chi connectivity index (χ3n) is 2.72. The Bertz CT molecular complexity index is 558. The normalized spacial score (nSPS) is 10.3. The van der Waals surface area contributed by atoms with E-state index in [1.807, 2.05) is 19.1 Å². The van der Waals surface area contributed by atoms with Crippen LogP contribution < -0.4 is 10.1 Å². The Balaban J connectivity index is 2.14. The molecule has 0 radical (unpaired) electrons. The standard InChI is InChI=1S/C15H18ClN3O/c1-3-5-11-6-8-12(9-7-11)20-14-13(16)10-18-15(19-14)17-4-2/h6-10H,3-5H2,1-2H3,(H,17,18,19). The maximum atomic E-state index is 6.05. The summed E-state index contributed by atoms with van der Waals surface area (Å²) in [5.74, 6) is 1.59. The zero-order valence-electron chi connectivity index (χ0n) is 11.7. The second-order valence-electron chi connectivity index (χ2n) is 4.37. The summed E-state index contributed by atoms with van der Waals surface area (Å²) in [6.45, 7) is 4.88. The Morgan fingerprint density at radius 3 is 2.60 bits per heavy atom. The van der Waals surface area contributed by atoms with Crippen molar-refractivity contribution < 1.29 is 4.74 Å². The third-order valence-corrected chi connectivity index (χ3v) is 2.98. The molecular weight excluding hydrogens is 274 g/mol. The first-order chi connectivity index (χ1) is 9.72.